The maximum atomic E-state index is 12.2. The van der Waals surface area contributed by atoms with Gasteiger partial charge in [0.15, 0.2) is 12.2 Å². The standard InChI is InChI=1S/C24H42O10S2/c1-19(23(25)31-21-13-7-5-8-14-21)33-35(27,28)17-11-3-4-12-18-36(29,30)34-20(2)24(26)32-22-15-9-6-10-16-22/h19-22H,3-18H2,1-2H3. The van der Waals surface area contributed by atoms with Crippen LogP contribution in [0.1, 0.15) is 104 Å². The third kappa shape index (κ3) is 12.3. The lowest BCUT2D eigenvalue weighted by Crippen LogP contribution is -2.31. The van der Waals surface area contributed by atoms with Crippen LogP contribution in [0.5, 0.6) is 0 Å². The van der Waals surface area contributed by atoms with Gasteiger partial charge in [-0.3, -0.25) is 8.37 Å². The van der Waals surface area contributed by atoms with Crippen molar-refractivity contribution in [1.29, 1.82) is 0 Å². The lowest BCUT2D eigenvalue weighted by molar-refractivity contribution is -0.158. The molecular formula is C24H42O10S2. The average Bonchev–Trinajstić information content (AvgIpc) is 2.82. The molecule has 2 aliphatic rings. The molecule has 0 N–H and O–H groups in total. The van der Waals surface area contributed by atoms with Crippen LogP contribution in [0, 0.1) is 0 Å². The summed E-state index contributed by atoms with van der Waals surface area (Å²) in [5.41, 5.74) is 0. The highest BCUT2D eigenvalue weighted by molar-refractivity contribution is 7.87. The van der Waals surface area contributed by atoms with Crippen LogP contribution in [0.15, 0.2) is 0 Å². The molecule has 0 heterocycles. The molecule has 2 saturated carbocycles. The summed E-state index contributed by atoms with van der Waals surface area (Å²) < 4.78 is 69.3. The van der Waals surface area contributed by atoms with Crippen molar-refractivity contribution in [3.63, 3.8) is 0 Å². The predicted molar refractivity (Wildman–Crippen MR) is 133 cm³/mol. The lowest BCUT2D eigenvalue weighted by atomic mass is 9.98. The van der Waals surface area contributed by atoms with E-state index in [9.17, 15) is 26.4 Å². The Bertz CT molecular complexity index is 814. The normalized spacial score (nSPS) is 19.9. The minimum Gasteiger partial charge on any atom is -0.460 e. The zero-order valence-electron chi connectivity index (χ0n) is 21.5. The topological polar surface area (TPSA) is 139 Å². The molecule has 12 heteroatoms. The summed E-state index contributed by atoms with van der Waals surface area (Å²) in [6.07, 6.45) is 8.02. The zero-order valence-corrected chi connectivity index (χ0v) is 23.2. The fraction of sp³-hybridized carbons (Fsp3) is 0.917. The van der Waals surface area contributed by atoms with Gasteiger partial charge in [0.1, 0.15) is 12.2 Å². The van der Waals surface area contributed by atoms with Crippen molar-refractivity contribution in [3.8, 4) is 0 Å². The third-order valence-corrected chi connectivity index (χ3v) is 9.20. The van der Waals surface area contributed by atoms with Gasteiger partial charge < -0.3 is 9.47 Å². The summed E-state index contributed by atoms with van der Waals surface area (Å²) in [5.74, 6) is -1.90. The molecule has 0 aromatic heterocycles. The molecule has 0 spiro atoms. The molecule has 2 rings (SSSR count). The van der Waals surface area contributed by atoms with E-state index in [1.165, 1.54) is 13.8 Å². The Morgan fingerprint density at radius 1 is 0.611 bits per heavy atom. The molecule has 2 aliphatic carbocycles. The molecular weight excluding hydrogens is 512 g/mol. The van der Waals surface area contributed by atoms with Gasteiger partial charge in [-0.2, -0.15) is 16.8 Å². The van der Waals surface area contributed by atoms with Crippen LogP contribution in [0.3, 0.4) is 0 Å². The number of hydrogen-bond donors (Lipinski definition) is 0. The molecule has 10 nitrogen and oxygen atoms in total. The van der Waals surface area contributed by atoms with Crippen molar-refractivity contribution in [1.82, 2.24) is 0 Å². The highest BCUT2D eigenvalue weighted by Gasteiger charge is 2.28. The SMILES string of the molecule is CC(OS(=O)(=O)CCCCCCS(=O)(=O)OC(C)C(=O)OC1CCCCC1)C(=O)OC1CCCCC1. The van der Waals surface area contributed by atoms with E-state index in [4.69, 9.17) is 17.8 Å². The lowest BCUT2D eigenvalue weighted by Gasteiger charge is -2.23. The Labute approximate surface area is 216 Å². The number of rotatable bonds is 15. The minimum atomic E-state index is -3.92. The Morgan fingerprint density at radius 2 is 0.944 bits per heavy atom. The van der Waals surface area contributed by atoms with E-state index >= 15 is 0 Å². The Morgan fingerprint density at radius 3 is 1.28 bits per heavy atom. The van der Waals surface area contributed by atoms with Crippen LogP contribution in [-0.2, 0) is 47.7 Å². The molecule has 2 fully saturated rings. The second-order valence-electron chi connectivity index (χ2n) is 9.81. The van der Waals surface area contributed by atoms with Crippen molar-refractivity contribution in [3.05, 3.63) is 0 Å². The molecule has 0 aromatic rings. The third-order valence-electron chi connectivity index (χ3n) is 6.45. The van der Waals surface area contributed by atoms with E-state index in [0.717, 1.165) is 64.2 Å². The quantitative estimate of drug-likeness (QED) is 0.167. The molecule has 0 saturated heterocycles. The largest absolute Gasteiger partial charge is 0.460 e. The number of carbonyl (C=O) groups is 2. The molecule has 36 heavy (non-hydrogen) atoms. The molecule has 2 unspecified atom stereocenters. The summed E-state index contributed by atoms with van der Waals surface area (Å²) >= 11 is 0. The van der Waals surface area contributed by atoms with Gasteiger partial charge in [0.25, 0.3) is 20.2 Å². The molecule has 0 aromatic carbocycles. The van der Waals surface area contributed by atoms with Crippen LogP contribution < -0.4 is 0 Å². The monoisotopic (exact) mass is 554 g/mol. The van der Waals surface area contributed by atoms with E-state index < -0.39 is 44.4 Å². The summed E-state index contributed by atoms with van der Waals surface area (Å²) in [6.45, 7) is 2.72. The highest BCUT2D eigenvalue weighted by Crippen LogP contribution is 2.22. The van der Waals surface area contributed by atoms with Crippen LogP contribution in [0.25, 0.3) is 0 Å². The van der Waals surface area contributed by atoms with Crippen LogP contribution in [0.4, 0.5) is 0 Å². The van der Waals surface area contributed by atoms with Gasteiger partial charge >= 0.3 is 11.9 Å². The van der Waals surface area contributed by atoms with Crippen molar-refractivity contribution >= 4 is 32.2 Å². The Hall–Kier alpha value is -1.24. The number of hydrogen-bond acceptors (Lipinski definition) is 10. The molecule has 0 amide bonds. The van der Waals surface area contributed by atoms with E-state index in [1.54, 1.807) is 0 Å². The van der Waals surface area contributed by atoms with Gasteiger partial charge in [-0.05, 0) is 78.1 Å². The maximum Gasteiger partial charge on any atom is 0.336 e. The highest BCUT2D eigenvalue weighted by atomic mass is 32.2. The summed E-state index contributed by atoms with van der Waals surface area (Å²) in [4.78, 5) is 24.2. The predicted octanol–water partition coefficient (Wildman–Crippen LogP) is 3.77. The van der Waals surface area contributed by atoms with Crippen molar-refractivity contribution in [2.75, 3.05) is 11.5 Å². The van der Waals surface area contributed by atoms with Gasteiger partial charge in [-0.15, -0.1) is 0 Å². The molecule has 210 valence electrons. The summed E-state index contributed by atoms with van der Waals surface area (Å²) in [7, 11) is -7.83. The van der Waals surface area contributed by atoms with E-state index in [0.29, 0.717) is 12.8 Å². The number of ether oxygens (including phenoxy) is 2. The van der Waals surface area contributed by atoms with E-state index in [2.05, 4.69) is 0 Å². The van der Waals surface area contributed by atoms with E-state index in [1.807, 2.05) is 0 Å². The number of unbranched alkanes of at least 4 members (excludes halogenated alkanes) is 3. The van der Waals surface area contributed by atoms with Crippen LogP contribution >= 0.6 is 0 Å². The van der Waals surface area contributed by atoms with Gasteiger partial charge in [0.2, 0.25) is 0 Å². The minimum absolute atomic E-state index is 0.175. The first-order chi connectivity index (χ1) is 17.0. The van der Waals surface area contributed by atoms with Crippen molar-refractivity contribution in [2.24, 2.45) is 0 Å². The summed E-state index contributed by atoms with van der Waals surface area (Å²) in [6, 6.07) is 0. The maximum absolute atomic E-state index is 12.2. The molecule has 0 radical (unpaired) electrons. The Balaban J connectivity index is 1.59. The molecule has 2 atom stereocenters. The second-order valence-corrected chi connectivity index (χ2v) is 13.2. The van der Waals surface area contributed by atoms with Gasteiger partial charge in [-0.25, -0.2) is 9.59 Å². The zero-order chi connectivity index (χ0) is 26.6. The summed E-state index contributed by atoms with van der Waals surface area (Å²) in [5, 5.41) is 0. The second kappa shape index (κ2) is 15.2. The van der Waals surface area contributed by atoms with E-state index in [-0.39, 0.29) is 36.6 Å². The average molecular weight is 555 g/mol. The first kappa shape index (κ1) is 31.0. The van der Waals surface area contributed by atoms with Crippen LogP contribution in [-0.4, -0.2) is 64.7 Å². The van der Waals surface area contributed by atoms with Crippen molar-refractivity contribution < 1.29 is 44.3 Å². The first-order valence-corrected chi connectivity index (χ1v) is 16.4. The van der Waals surface area contributed by atoms with Crippen LogP contribution in [0.2, 0.25) is 0 Å². The van der Waals surface area contributed by atoms with Gasteiger partial charge in [-0.1, -0.05) is 25.7 Å². The first-order valence-electron chi connectivity index (χ1n) is 13.2. The molecule has 0 bridgehead atoms. The number of carbonyl (C=O) groups excluding carboxylic acids is 2. The van der Waals surface area contributed by atoms with Gasteiger partial charge in [0, 0.05) is 0 Å². The molecule has 0 aliphatic heterocycles. The Kier molecular flexibility index (Phi) is 13.1. The number of esters is 2. The smallest absolute Gasteiger partial charge is 0.336 e. The fourth-order valence-electron chi connectivity index (χ4n) is 4.41. The van der Waals surface area contributed by atoms with Gasteiger partial charge in [0.05, 0.1) is 11.5 Å². The fourth-order valence-corrected chi connectivity index (χ4v) is 6.76. The van der Waals surface area contributed by atoms with Crippen molar-refractivity contribution in [2.45, 2.75) is 128 Å².